The Hall–Kier alpha value is -2.36. The van der Waals surface area contributed by atoms with Crippen molar-refractivity contribution in [1.82, 2.24) is 0 Å². The SMILES string of the molecule is Cc1ccc(-c2ccc(C(=O)O)c(F)c2)cc1O. The summed E-state index contributed by atoms with van der Waals surface area (Å²) in [7, 11) is 0. The van der Waals surface area contributed by atoms with Gasteiger partial charge in [0.15, 0.2) is 0 Å². The van der Waals surface area contributed by atoms with Gasteiger partial charge in [-0.1, -0.05) is 18.2 Å². The molecule has 18 heavy (non-hydrogen) atoms. The largest absolute Gasteiger partial charge is 0.508 e. The lowest BCUT2D eigenvalue weighted by Crippen LogP contribution is -2.00. The fourth-order valence-electron chi connectivity index (χ4n) is 1.66. The van der Waals surface area contributed by atoms with Gasteiger partial charge in [0.25, 0.3) is 0 Å². The van der Waals surface area contributed by atoms with Crippen LogP contribution in [0.1, 0.15) is 15.9 Å². The highest BCUT2D eigenvalue weighted by Gasteiger charge is 2.11. The number of benzene rings is 2. The van der Waals surface area contributed by atoms with Crippen molar-refractivity contribution in [2.75, 3.05) is 0 Å². The maximum atomic E-state index is 13.5. The molecule has 0 aliphatic heterocycles. The monoisotopic (exact) mass is 246 g/mol. The van der Waals surface area contributed by atoms with Crippen LogP contribution in [0, 0.1) is 12.7 Å². The fourth-order valence-corrected chi connectivity index (χ4v) is 1.66. The van der Waals surface area contributed by atoms with E-state index < -0.39 is 11.8 Å². The quantitative estimate of drug-likeness (QED) is 0.855. The zero-order valence-corrected chi connectivity index (χ0v) is 9.64. The Bertz CT molecular complexity index is 620. The molecule has 0 aliphatic carbocycles. The number of rotatable bonds is 2. The number of carbonyl (C=O) groups is 1. The molecule has 0 atom stereocenters. The van der Waals surface area contributed by atoms with E-state index in [0.717, 1.165) is 11.6 Å². The van der Waals surface area contributed by atoms with Crippen molar-refractivity contribution in [2.45, 2.75) is 6.92 Å². The Kier molecular flexibility index (Phi) is 3.02. The Morgan fingerprint density at radius 2 is 1.72 bits per heavy atom. The molecular weight excluding hydrogens is 235 g/mol. The predicted molar refractivity (Wildman–Crippen MR) is 65.2 cm³/mol. The molecule has 3 nitrogen and oxygen atoms in total. The van der Waals surface area contributed by atoms with Crippen molar-refractivity contribution < 1.29 is 19.4 Å². The Labute approximate surface area is 103 Å². The minimum Gasteiger partial charge on any atom is -0.508 e. The van der Waals surface area contributed by atoms with Crippen molar-refractivity contribution in [3.05, 3.63) is 53.3 Å². The molecule has 0 bridgehead atoms. The van der Waals surface area contributed by atoms with Crippen LogP contribution in [0.4, 0.5) is 4.39 Å². The Balaban J connectivity index is 2.48. The average molecular weight is 246 g/mol. The molecule has 0 fully saturated rings. The van der Waals surface area contributed by atoms with Crippen molar-refractivity contribution in [3.63, 3.8) is 0 Å². The first-order valence-electron chi connectivity index (χ1n) is 5.32. The van der Waals surface area contributed by atoms with Gasteiger partial charge in [0.2, 0.25) is 0 Å². The van der Waals surface area contributed by atoms with Gasteiger partial charge in [-0.25, -0.2) is 9.18 Å². The predicted octanol–water partition coefficient (Wildman–Crippen LogP) is 3.20. The summed E-state index contributed by atoms with van der Waals surface area (Å²) in [6.07, 6.45) is 0. The minimum absolute atomic E-state index is 0.121. The minimum atomic E-state index is -1.30. The molecule has 2 aromatic carbocycles. The molecule has 0 spiro atoms. The van der Waals surface area contributed by atoms with Crippen LogP contribution in [0.3, 0.4) is 0 Å². The second-order valence-corrected chi connectivity index (χ2v) is 4.00. The molecule has 4 heteroatoms. The summed E-state index contributed by atoms with van der Waals surface area (Å²) in [6, 6.07) is 8.84. The molecule has 0 unspecified atom stereocenters. The molecule has 0 heterocycles. The van der Waals surface area contributed by atoms with E-state index in [1.807, 2.05) is 0 Å². The number of hydrogen-bond donors (Lipinski definition) is 2. The van der Waals surface area contributed by atoms with E-state index >= 15 is 0 Å². The standard InChI is InChI=1S/C14H11FO3/c1-8-2-3-10(7-13(8)16)9-4-5-11(14(17)18)12(15)6-9/h2-7,16H,1H3,(H,17,18). The third kappa shape index (κ3) is 2.18. The number of aromatic carboxylic acids is 1. The first-order valence-corrected chi connectivity index (χ1v) is 5.32. The van der Waals surface area contributed by atoms with E-state index in [1.54, 1.807) is 19.1 Å². The van der Waals surface area contributed by atoms with Crippen LogP contribution in [-0.4, -0.2) is 16.2 Å². The third-order valence-corrected chi connectivity index (χ3v) is 2.74. The van der Waals surface area contributed by atoms with E-state index in [1.165, 1.54) is 18.2 Å². The van der Waals surface area contributed by atoms with Crippen LogP contribution in [0.5, 0.6) is 5.75 Å². The topological polar surface area (TPSA) is 57.5 Å². The number of carboxylic acids is 1. The molecule has 0 radical (unpaired) electrons. The lowest BCUT2D eigenvalue weighted by atomic mass is 10.0. The molecule has 0 saturated carbocycles. The first kappa shape index (κ1) is 12.1. The summed E-state index contributed by atoms with van der Waals surface area (Å²) in [5, 5.41) is 18.3. The van der Waals surface area contributed by atoms with Crippen molar-refractivity contribution in [2.24, 2.45) is 0 Å². The van der Waals surface area contributed by atoms with Gasteiger partial charge in [-0.05, 0) is 41.8 Å². The maximum absolute atomic E-state index is 13.5. The van der Waals surface area contributed by atoms with Gasteiger partial charge in [-0.3, -0.25) is 0 Å². The van der Waals surface area contributed by atoms with Crippen LogP contribution in [0.2, 0.25) is 0 Å². The number of hydrogen-bond acceptors (Lipinski definition) is 2. The van der Waals surface area contributed by atoms with Gasteiger partial charge in [-0.15, -0.1) is 0 Å². The van der Waals surface area contributed by atoms with Gasteiger partial charge in [0.1, 0.15) is 11.6 Å². The average Bonchev–Trinajstić information content (AvgIpc) is 2.32. The molecule has 2 rings (SSSR count). The summed E-state index contributed by atoms with van der Waals surface area (Å²) in [4.78, 5) is 10.7. The zero-order chi connectivity index (χ0) is 13.3. The molecule has 92 valence electrons. The van der Waals surface area contributed by atoms with Crippen molar-refractivity contribution in [3.8, 4) is 16.9 Å². The number of halogens is 1. The number of phenolic OH excluding ortho intramolecular Hbond substituents is 1. The van der Waals surface area contributed by atoms with Gasteiger partial charge in [-0.2, -0.15) is 0 Å². The Morgan fingerprint density at radius 1 is 1.11 bits per heavy atom. The smallest absolute Gasteiger partial charge is 0.338 e. The van der Waals surface area contributed by atoms with Crippen molar-refractivity contribution in [1.29, 1.82) is 0 Å². The van der Waals surface area contributed by atoms with Crippen LogP contribution in [0.25, 0.3) is 11.1 Å². The zero-order valence-electron chi connectivity index (χ0n) is 9.64. The van der Waals surface area contributed by atoms with E-state index in [-0.39, 0.29) is 11.3 Å². The van der Waals surface area contributed by atoms with Crippen LogP contribution in [0.15, 0.2) is 36.4 Å². The van der Waals surface area contributed by atoms with Crippen LogP contribution >= 0.6 is 0 Å². The summed E-state index contributed by atoms with van der Waals surface area (Å²) >= 11 is 0. The number of aromatic hydroxyl groups is 1. The molecule has 0 aromatic heterocycles. The van der Waals surface area contributed by atoms with Gasteiger partial charge < -0.3 is 10.2 Å². The number of phenols is 1. The summed E-state index contributed by atoms with van der Waals surface area (Å²) in [6.45, 7) is 1.76. The molecule has 2 N–H and O–H groups in total. The molecular formula is C14H11FO3. The highest BCUT2D eigenvalue weighted by Crippen LogP contribution is 2.27. The molecule has 2 aromatic rings. The van der Waals surface area contributed by atoms with Gasteiger partial charge in [0, 0.05) is 0 Å². The second kappa shape index (κ2) is 4.49. The lowest BCUT2D eigenvalue weighted by molar-refractivity contribution is 0.0692. The van der Waals surface area contributed by atoms with E-state index in [9.17, 15) is 14.3 Å². The number of aryl methyl sites for hydroxylation is 1. The lowest BCUT2D eigenvalue weighted by Gasteiger charge is -2.06. The molecule has 0 amide bonds. The summed E-state index contributed by atoms with van der Waals surface area (Å²) < 4.78 is 13.5. The fraction of sp³-hybridized carbons (Fsp3) is 0.0714. The molecule has 0 saturated heterocycles. The highest BCUT2D eigenvalue weighted by molar-refractivity contribution is 5.88. The number of carboxylic acid groups (broad SMARTS) is 1. The summed E-state index contributed by atoms with van der Waals surface area (Å²) in [5.74, 6) is -1.97. The molecule has 0 aliphatic rings. The first-order chi connectivity index (χ1) is 8.49. The van der Waals surface area contributed by atoms with E-state index in [2.05, 4.69) is 0 Å². The third-order valence-electron chi connectivity index (χ3n) is 2.74. The van der Waals surface area contributed by atoms with Crippen molar-refractivity contribution >= 4 is 5.97 Å². The van der Waals surface area contributed by atoms with Crippen LogP contribution < -0.4 is 0 Å². The Morgan fingerprint density at radius 3 is 2.28 bits per heavy atom. The van der Waals surface area contributed by atoms with Gasteiger partial charge >= 0.3 is 5.97 Å². The van der Waals surface area contributed by atoms with Crippen LogP contribution in [-0.2, 0) is 0 Å². The van der Waals surface area contributed by atoms with Gasteiger partial charge in [0.05, 0.1) is 5.56 Å². The van der Waals surface area contributed by atoms with E-state index in [0.29, 0.717) is 11.1 Å². The second-order valence-electron chi connectivity index (χ2n) is 4.00. The van der Waals surface area contributed by atoms with E-state index in [4.69, 9.17) is 5.11 Å². The maximum Gasteiger partial charge on any atom is 0.338 e. The summed E-state index contributed by atoms with van der Waals surface area (Å²) in [5.41, 5.74) is 1.51. The highest BCUT2D eigenvalue weighted by atomic mass is 19.1. The normalized spacial score (nSPS) is 10.3.